The molecule has 0 saturated carbocycles. The van der Waals surface area contributed by atoms with Crippen molar-refractivity contribution in [2.45, 2.75) is 32.6 Å². The molecule has 0 N–H and O–H groups in total. The number of benzene rings is 3. The van der Waals surface area contributed by atoms with Crippen molar-refractivity contribution in [3.8, 4) is 5.75 Å². The molecule has 7 rings (SSSR count). The predicted molar refractivity (Wildman–Crippen MR) is 153 cm³/mol. The van der Waals surface area contributed by atoms with E-state index in [1.54, 1.807) is 5.57 Å². The van der Waals surface area contributed by atoms with Gasteiger partial charge in [0.2, 0.25) is 0 Å². The largest absolute Gasteiger partial charge is 0.489 e. The Morgan fingerprint density at radius 3 is 2.53 bits per heavy atom. The van der Waals surface area contributed by atoms with E-state index in [2.05, 4.69) is 92.8 Å². The molecule has 0 aromatic heterocycles. The Morgan fingerprint density at radius 1 is 0.833 bits per heavy atom. The first kappa shape index (κ1) is 22.6. The first-order chi connectivity index (χ1) is 17.7. The van der Waals surface area contributed by atoms with Crippen LogP contribution in [0.25, 0.3) is 29.9 Å². The maximum atomic E-state index is 5.34. The van der Waals surface area contributed by atoms with Gasteiger partial charge in [-0.1, -0.05) is 115 Å². The fourth-order valence-corrected chi connectivity index (χ4v) is 5.64. The van der Waals surface area contributed by atoms with Crippen LogP contribution < -0.4 is 15.2 Å². The molecule has 0 saturated heterocycles. The summed E-state index contributed by atoms with van der Waals surface area (Å²) in [5.41, 5.74) is 9.90. The van der Waals surface area contributed by atoms with Crippen molar-refractivity contribution >= 4 is 29.9 Å². The minimum atomic E-state index is 0.514. The molecule has 0 radical (unpaired) electrons. The molecule has 1 unspecified atom stereocenters. The fraction of sp³-hybridized carbons (Fsp3) is 0.200. The summed E-state index contributed by atoms with van der Waals surface area (Å²) in [5, 5.41) is 2.88. The average molecular weight is 469 g/mol. The summed E-state index contributed by atoms with van der Waals surface area (Å²) in [6.45, 7) is 5.24. The fourth-order valence-electron chi connectivity index (χ4n) is 5.64. The Balaban J connectivity index is 0.000000200. The highest BCUT2D eigenvalue weighted by Crippen LogP contribution is 2.37. The van der Waals surface area contributed by atoms with Gasteiger partial charge >= 0.3 is 0 Å². The van der Waals surface area contributed by atoms with Crippen LogP contribution in [0.2, 0.25) is 0 Å². The molecule has 0 fully saturated rings. The molecule has 178 valence electrons. The van der Waals surface area contributed by atoms with Gasteiger partial charge in [0.05, 0.1) is 0 Å². The molecule has 4 aliphatic rings. The van der Waals surface area contributed by atoms with Gasteiger partial charge in [0.25, 0.3) is 0 Å². The second-order valence-corrected chi connectivity index (χ2v) is 10.1. The van der Waals surface area contributed by atoms with Gasteiger partial charge in [-0.2, -0.15) is 0 Å². The molecule has 3 aromatic rings. The molecule has 1 heterocycles. The minimum Gasteiger partial charge on any atom is -0.489 e. The predicted octanol–water partition coefficient (Wildman–Crippen LogP) is 7.29. The summed E-state index contributed by atoms with van der Waals surface area (Å²) >= 11 is 0. The van der Waals surface area contributed by atoms with Gasteiger partial charge in [0, 0.05) is 11.5 Å². The zero-order valence-electron chi connectivity index (χ0n) is 21.1. The van der Waals surface area contributed by atoms with Gasteiger partial charge < -0.3 is 4.74 Å². The Bertz CT molecular complexity index is 1550. The van der Waals surface area contributed by atoms with E-state index in [-0.39, 0.29) is 0 Å². The van der Waals surface area contributed by atoms with Crippen LogP contribution in [0.1, 0.15) is 54.9 Å². The molecule has 3 aromatic carbocycles. The number of hydrogen-bond donors (Lipinski definition) is 0. The van der Waals surface area contributed by atoms with Crippen molar-refractivity contribution in [2.75, 3.05) is 6.61 Å². The maximum Gasteiger partial charge on any atom is 0.126 e. The van der Waals surface area contributed by atoms with E-state index in [0.29, 0.717) is 18.4 Å². The van der Waals surface area contributed by atoms with Gasteiger partial charge in [-0.05, 0) is 70.5 Å². The molecular weight excluding hydrogens is 436 g/mol. The van der Waals surface area contributed by atoms with E-state index < -0.39 is 0 Å². The van der Waals surface area contributed by atoms with Gasteiger partial charge in [-0.3, -0.25) is 0 Å². The van der Waals surface area contributed by atoms with Crippen molar-refractivity contribution in [2.24, 2.45) is 5.92 Å². The lowest BCUT2D eigenvalue weighted by Gasteiger charge is -2.26. The Hall–Kier alpha value is -3.84. The second-order valence-electron chi connectivity index (χ2n) is 10.1. The zero-order valence-corrected chi connectivity index (χ0v) is 21.1. The number of allylic oxidation sites excluding steroid dienone is 5. The van der Waals surface area contributed by atoms with Crippen molar-refractivity contribution in [1.82, 2.24) is 0 Å². The minimum absolute atomic E-state index is 0.514. The van der Waals surface area contributed by atoms with E-state index in [0.717, 1.165) is 18.6 Å². The maximum absolute atomic E-state index is 5.34. The van der Waals surface area contributed by atoms with Crippen molar-refractivity contribution in [3.05, 3.63) is 129 Å². The van der Waals surface area contributed by atoms with Crippen LogP contribution in [-0.2, 0) is 0 Å². The molecule has 0 spiro atoms. The summed E-state index contributed by atoms with van der Waals surface area (Å²) in [6.07, 6.45) is 18.4. The molecule has 0 bridgehead atoms. The zero-order chi connectivity index (χ0) is 24.5. The van der Waals surface area contributed by atoms with Crippen LogP contribution in [0.3, 0.4) is 0 Å². The van der Waals surface area contributed by atoms with Crippen LogP contribution >= 0.6 is 0 Å². The summed E-state index contributed by atoms with van der Waals surface area (Å²) < 4.78 is 5.34. The lowest BCUT2D eigenvalue weighted by atomic mass is 9.78. The first-order valence-electron chi connectivity index (χ1n) is 13.0. The third-order valence-electron chi connectivity index (χ3n) is 7.80. The average Bonchev–Trinajstić information content (AvgIpc) is 2.94. The SMILES string of the molecule is C1=Cc2ccccc2OC1.CC1=Cc2ccc3c(c2=C[C@@H]1C)=CCC1=C3C=CC(c2ccccc2)C1. The van der Waals surface area contributed by atoms with Gasteiger partial charge in [0.1, 0.15) is 12.4 Å². The van der Waals surface area contributed by atoms with E-state index in [4.69, 9.17) is 4.74 Å². The molecule has 36 heavy (non-hydrogen) atoms. The van der Waals surface area contributed by atoms with E-state index >= 15 is 0 Å². The third-order valence-corrected chi connectivity index (χ3v) is 7.80. The normalized spacial score (nSPS) is 20.7. The topological polar surface area (TPSA) is 9.23 Å². The summed E-state index contributed by atoms with van der Waals surface area (Å²) in [5.74, 6) is 2.03. The number of para-hydroxylation sites is 1. The van der Waals surface area contributed by atoms with Crippen molar-refractivity contribution < 1.29 is 4.74 Å². The smallest absolute Gasteiger partial charge is 0.126 e. The lowest BCUT2D eigenvalue weighted by Crippen LogP contribution is -2.34. The summed E-state index contributed by atoms with van der Waals surface area (Å²) in [4.78, 5) is 0. The molecular formula is C35H32O. The molecule has 2 atom stereocenters. The van der Waals surface area contributed by atoms with Crippen LogP contribution in [0, 0.1) is 5.92 Å². The van der Waals surface area contributed by atoms with Crippen LogP contribution in [-0.4, -0.2) is 6.61 Å². The third kappa shape index (κ3) is 4.31. The molecule has 1 aliphatic heterocycles. The van der Waals surface area contributed by atoms with E-state index in [1.807, 2.05) is 30.3 Å². The number of hydrogen-bond acceptors (Lipinski definition) is 1. The quantitative estimate of drug-likeness (QED) is 0.364. The molecule has 0 amide bonds. The van der Waals surface area contributed by atoms with E-state index in [1.165, 1.54) is 43.8 Å². The van der Waals surface area contributed by atoms with Gasteiger partial charge in [0.15, 0.2) is 0 Å². The standard InChI is InChI=1S/C26H24.C9H8O/c1-17-14-21-9-12-24-23-11-8-20(19-6-4-3-5-7-19)16-22(23)10-13-25(24)26(21)15-18(17)2;1-2-6-9-8(4-1)5-3-7-10-9/h3-9,11-15,18,20H,10,16H2,1-2H3;1-6H,7H2/t18-,20?;/m0./s1. The summed E-state index contributed by atoms with van der Waals surface area (Å²) in [6, 6.07) is 23.6. The monoisotopic (exact) mass is 468 g/mol. The summed E-state index contributed by atoms with van der Waals surface area (Å²) in [7, 11) is 0. The number of rotatable bonds is 1. The highest BCUT2D eigenvalue weighted by atomic mass is 16.5. The number of fused-ring (bicyclic) bond motifs is 5. The van der Waals surface area contributed by atoms with Gasteiger partial charge in [-0.25, -0.2) is 0 Å². The molecule has 1 heteroatoms. The second kappa shape index (κ2) is 9.66. The van der Waals surface area contributed by atoms with Crippen LogP contribution in [0.5, 0.6) is 5.75 Å². The Morgan fingerprint density at radius 2 is 1.67 bits per heavy atom. The van der Waals surface area contributed by atoms with Gasteiger partial charge in [-0.15, -0.1) is 0 Å². The Labute approximate surface area is 214 Å². The highest BCUT2D eigenvalue weighted by molar-refractivity contribution is 5.83. The molecule has 1 nitrogen and oxygen atoms in total. The van der Waals surface area contributed by atoms with Crippen LogP contribution in [0.4, 0.5) is 0 Å². The lowest BCUT2D eigenvalue weighted by molar-refractivity contribution is 0.358. The van der Waals surface area contributed by atoms with Crippen LogP contribution in [0.15, 0.2) is 96.1 Å². The molecule has 3 aliphatic carbocycles. The van der Waals surface area contributed by atoms with Crippen molar-refractivity contribution in [1.29, 1.82) is 0 Å². The first-order valence-corrected chi connectivity index (χ1v) is 13.0. The van der Waals surface area contributed by atoms with E-state index in [9.17, 15) is 0 Å². The number of ether oxygens (including phenoxy) is 1. The Kier molecular flexibility index (Phi) is 6.07. The highest BCUT2D eigenvalue weighted by Gasteiger charge is 2.22. The van der Waals surface area contributed by atoms with Crippen molar-refractivity contribution in [3.63, 3.8) is 0 Å².